The Morgan fingerprint density at radius 1 is 0.324 bits per heavy atom. The van der Waals surface area contributed by atoms with E-state index in [4.69, 9.17) is 0 Å². The van der Waals surface area contributed by atoms with Crippen molar-refractivity contribution in [1.29, 1.82) is 0 Å². The number of aromatic nitrogens is 1. The third-order valence-electron chi connectivity index (χ3n) is 15.2. The van der Waals surface area contributed by atoms with Gasteiger partial charge in [0, 0.05) is 46.4 Å². The average Bonchev–Trinajstić information content (AvgIpc) is 4.05. The second-order valence-electron chi connectivity index (χ2n) is 19.2. The van der Waals surface area contributed by atoms with Crippen molar-refractivity contribution in [3.8, 4) is 50.2 Å². The predicted octanol–water partition coefficient (Wildman–Crippen LogP) is 20.3. The van der Waals surface area contributed by atoms with E-state index in [-0.39, 0.29) is 0 Å². The fourth-order valence-corrected chi connectivity index (χ4v) is 15.7. The Morgan fingerprint density at radius 3 is 1.39 bits per heavy atom. The summed E-state index contributed by atoms with van der Waals surface area (Å²) in [4.78, 5) is 2.91. The highest BCUT2D eigenvalue weighted by Crippen LogP contribution is 2.68. The Morgan fingerprint density at radius 2 is 0.789 bits per heavy atom. The average molecular weight is 944 g/mol. The standard InChI is InChI=1S/C66H43NS2.C2H6/c1-69(2)64-38-44(48-23-13-24-56-53-22-11-12-25-63(53)68-66(48)56)26-30-54(64)55-31-29-45(39-65(55)69)67-61-32-27-42(57-34-40-14-3-5-16-46(40)49-18-7-9-20-51(49)57)36-59(61)60-37-43(28-33-62(60)67)58-35-41-15-4-6-17-47(41)50-19-8-10-21-52(50)58;1-2/h3-39H,1-2H3;1-2H3. The summed E-state index contributed by atoms with van der Waals surface area (Å²) in [6, 6.07) is 84.8. The van der Waals surface area contributed by atoms with E-state index in [1.807, 2.05) is 25.2 Å². The molecule has 0 aliphatic carbocycles. The minimum atomic E-state index is -1.37. The van der Waals surface area contributed by atoms with Crippen LogP contribution in [0.3, 0.4) is 0 Å². The lowest BCUT2D eigenvalue weighted by Crippen LogP contribution is -1.98. The normalized spacial score (nSPS) is 13.4. The molecule has 15 rings (SSSR count). The Balaban J connectivity index is 0.00000232. The highest BCUT2D eigenvalue weighted by Gasteiger charge is 2.33. The van der Waals surface area contributed by atoms with Gasteiger partial charge >= 0.3 is 0 Å². The van der Waals surface area contributed by atoms with Crippen molar-refractivity contribution in [2.75, 3.05) is 12.5 Å². The monoisotopic (exact) mass is 943 g/mol. The van der Waals surface area contributed by atoms with Crippen LogP contribution in [-0.4, -0.2) is 17.1 Å². The van der Waals surface area contributed by atoms with Gasteiger partial charge in [0.15, 0.2) is 0 Å². The maximum absolute atomic E-state index is 2.53. The van der Waals surface area contributed by atoms with E-state index in [2.05, 4.69) is 242 Å². The molecule has 0 saturated carbocycles. The molecule has 0 unspecified atom stereocenters. The minimum Gasteiger partial charge on any atom is -0.309 e. The highest BCUT2D eigenvalue weighted by atomic mass is 32.3. The Hall–Kier alpha value is -7.95. The van der Waals surface area contributed by atoms with Gasteiger partial charge in [-0.25, -0.2) is 0 Å². The van der Waals surface area contributed by atoms with Crippen LogP contribution in [0.4, 0.5) is 0 Å². The number of nitrogens with zero attached hydrogens (tertiary/aromatic N) is 1. The third kappa shape index (κ3) is 6.26. The summed E-state index contributed by atoms with van der Waals surface area (Å²) < 4.78 is 5.24. The molecular formula is C68H49NS2. The summed E-state index contributed by atoms with van der Waals surface area (Å²) >= 11 is 1.91. The van der Waals surface area contributed by atoms with Gasteiger partial charge in [0.1, 0.15) is 0 Å². The number of benzene rings is 12. The number of rotatable bonds is 4. The SMILES string of the molecule is CC.CS1(C)c2cc(-c3cccc4c3sc3ccccc34)ccc2-c2ccc(-n3c4ccc(-c5cc6ccccc6c6ccccc56)cc4c4cc(-c5cc6ccccc6c6ccccc56)ccc43)cc21. The zero-order valence-electron chi connectivity index (χ0n) is 40.1. The molecule has 14 aromatic rings. The molecule has 0 N–H and O–H groups in total. The summed E-state index contributed by atoms with van der Waals surface area (Å²) in [5, 5.41) is 15.4. The Labute approximate surface area is 419 Å². The molecule has 338 valence electrons. The zero-order chi connectivity index (χ0) is 47.5. The molecule has 0 bridgehead atoms. The summed E-state index contributed by atoms with van der Waals surface area (Å²) in [5.41, 5.74) is 13.9. The molecule has 1 nitrogen and oxygen atoms in total. The first-order valence-electron chi connectivity index (χ1n) is 24.8. The van der Waals surface area contributed by atoms with Crippen molar-refractivity contribution in [3.63, 3.8) is 0 Å². The Kier molecular flexibility index (Phi) is 9.49. The molecule has 2 aromatic heterocycles. The molecule has 71 heavy (non-hydrogen) atoms. The summed E-state index contributed by atoms with van der Waals surface area (Å²) in [6.45, 7) is 4.00. The van der Waals surface area contributed by atoms with Crippen LogP contribution >= 0.6 is 21.4 Å². The largest absolute Gasteiger partial charge is 0.309 e. The quantitative estimate of drug-likeness (QED) is 0.155. The second-order valence-corrected chi connectivity index (χ2v) is 23.8. The van der Waals surface area contributed by atoms with E-state index < -0.39 is 10.0 Å². The summed E-state index contributed by atoms with van der Waals surface area (Å²) in [7, 11) is -1.37. The van der Waals surface area contributed by atoms with Crippen LogP contribution in [0.25, 0.3) is 135 Å². The summed E-state index contributed by atoms with van der Waals surface area (Å²) in [5.74, 6) is 0. The van der Waals surface area contributed by atoms with E-state index in [0.717, 1.165) is 0 Å². The van der Waals surface area contributed by atoms with Crippen molar-refractivity contribution < 1.29 is 0 Å². The smallest absolute Gasteiger partial charge is 0.0541 e. The first-order chi connectivity index (χ1) is 35.0. The van der Waals surface area contributed by atoms with Gasteiger partial charge in [-0.05, 0) is 161 Å². The van der Waals surface area contributed by atoms with E-state index in [1.165, 1.54) is 145 Å². The van der Waals surface area contributed by atoms with Crippen molar-refractivity contribution in [2.45, 2.75) is 23.6 Å². The third-order valence-corrected chi connectivity index (χ3v) is 19.3. The Bertz CT molecular complexity index is 4350. The lowest BCUT2D eigenvalue weighted by molar-refractivity contribution is 1.16. The molecular weight excluding hydrogens is 895 g/mol. The number of thiophene rings is 1. The number of hydrogen-bond donors (Lipinski definition) is 0. The van der Waals surface area contributed by atoms with Gasteiger partial charge in [-0.1, -0.05) is 178 Å². The maximum atomic E-state index is 2.53. The lowest BCUT2D eigenvalue weighted by atomic mass is 9.92. The van der Waals surface area contributed by atoms with Crippen LogP contribution in [0.5, 0.6) is 0 Å². The van der Waals surface area contributed by atoms with Gasteiger partial charge in [-0.3, -0.25) is 0 Å². The minimum absolute atomic E-state index is 1.20. The van der Waals surface area contributed by atoms with Crippen molar-refractivity contribution in [3.05, 3.63) is 224 Å². The van der Waals surface area contributed by atoms with Crippen LogP contribution in [0, 0.1) is 0 Å². The van der Waals surface area contributed by atoms with Crippen LogP contribution in [-0.2, 0) is 0 Å². The topological polar surface area (TPSA) is 4.93 Å². The predicted molar refractivity (Wildman–Crippen MR) is 313 cm³/mol. The van der Waals surface area contributed by atoms with E-state index in [9.17, 15) is 0 Å². The second kappa shape index (κ2) is 16.0. The van der Waals surface area contributed by atoms with Gasteiger partial charge in [-0.15, -0.1) is 11.3 Å². The summed E-state index contributed by atoms with van der Waals surface area (Å²) in [6.07, 6.45) is 4.99. The van der Waals surface area contributed by atoms with E-state index in [1.54, 1.807) is 0 Å². The molecule has 3 heterocycles. The van der Waals surface area contributed by atoms with Gasteiger partial charge in [0.25, 0.3) is 0 Å². The number of hydrogen-bond acceptors (Lipinski definition) is 1. The maximum Gasteiger partial charge on any atom is 0.0541 e. The van der Waals surface area contributed by atoms with Crippen molar-refractivity contribution >= 4 is 106 Å². The van der Waals surface area contributed by atoms with Crippen LogP contribution in [0.2, 0.25) is 0 Å². The van der Waals surface area contributed by atoms with Crippen LogP contribution in [0.15, 0.2) is 234 Å². The first-order valence-corrected chi connectivity index (χ1v) is 28.1. The van der Waals surface area contributed by atoms with Gasteiger partial charge in [0.05, 0.1) is 11.0 Å². The van der Waals surface area contributed by atoms with E-state index >= 15 is 0 Å². The molecule has 3 heteroatoms. The van der Waals surface area contributed by atoms with Gasteiger partial charge in [-0.2, -0.15) is 10.0 Å². The molecule has 0 atom stereocenters. The molecule has 12 aromatic carbocycles. The van der Waals surface area contributed by atoms with Gasteiger partial charge < -0.3 is 4.57 Å². The van der Waals surface area contributed by atoms with Crippen LogP contribution < -0.4 is 0 Å². The molecule has 0 spiro atoms. The fourth-order valence-electron chi connectivity index (χ4n) is 11.9. The van der Waals surface area contributed by atoms with Gasteiger partial charge in [0.2, 0.25) is 0 Å². The lowest BCUT2D eigenvalue weighted by Gasteiger charge is -2.29. The van der Waals surface area contributed by atoms with Crippen molar-refractivity contribution in [2.24, 2.45) is 0 Å². The highest BCUT2D eigenvalue weighted by molar-refractivity contribution is 8.33. The fraction of sp³-hybridized carbons (Fsp3) is 0.0588. The number of fused-ring (bicyclic) bond motifs is 15. The molecule has 0 saturated heterocycles. The molecule has 1 aliphatic rings. The molecule has 1 aliphatic heterocycles. The molecule has 0 fully saturated rings. The first kappa shape index (κ1) is 42.0. The molecule has 0 radical (unpaired) electrons. The van der Waals surface area contributed by atoms with Crippen LogP contribution in [0.1, 0.15) is 13.8 Å². The van der Waals surface area contributed by atoms with E-state index in [0.29, 0.717) is 0 Å². The van der Waals surface area contributed by atoms with Crippen molar-refractivity contribution in [1.82, 2.24) is 4.57 Å². The zero-order valence-corrected chi connectivity index (χ0v) is 41.8. The molecule has 0 amide bonds.